The normalized spacial score (nSPS) is 16.8. The Morgan fingerprint density at radius 3 is 3.04 bits per heavy atom. The highest BCUT2D eigenvalue weighted by atomic mass is 32.1. The number of aromatic nitrogens is 1. The molecule has 0 unspecified atom stereocenters. The molecule has 3 rings (SSSR count). The van der Waals surface area contributed by atoms with Crippen molar-refractivity contribution in [2.24, 2.45) is 0 Å². The number of carbonyl (C=O) groups is 1. The molecule has 1 saturated heterocycles. The van der Waals surface area contributed by atoms with Crippen LogP contribution in [0.2, 0.25) is 0 Å². The van der Waals surface area contributed by atoms with Crippen LogP contribution >= 0.6 is 23.6 Å². The fourth-order valence-electron chi connectivity index (χ4n) is 3.27. The topological polar surface area (TPSA) is 54.5 Å². The Labute approximate surface area is 163 Å². The van der Waals surface area contributed by atoms with Crippen molar-refractivity contribution in [2.75, 3.05) is 20.2 Å². The molecule has 1 aliphatic rings. The molecule has 1 aromatic heterocycles. The van der Waals surface area contributed by atoms with Gasteiger partial charge in [0, 0.05) is 19.5 Å². The van der Waals surface area contributed by atoms with Gasteiger partial charge in [0.1, 0.15) is 5.01 Å². The molecular formula is C19H25N3O2S2. The zero-order valence-corrected chi connectivity index (χ0v) is 16.7. The third kappa shape index (κ3) is 4.71. The van der Waals surface area contributed by atoms with E-state index in [4.69, 9.17) is 17.2 Å². The SMILES string of the molecule is COC(=O)CCCCCNC(=S)N1CCC[C@H]1c1nc2ccccc2s1. The molecule has 0 bridgehead atoms. The number of carbonyl (C=O) groups excluding carboxylic acids is 1. The first-order valence-electron chi connectivity index (χ1n) is 9.16. The Kier molecular flexibility index (Phi) is 6.80. The van der Waals surface area contributed by atoms with E-state index >= 15 is 0 Å². The van der Waals surface area contributed by atoms with Gasteiger partial charge >= 0.3 is 5.97 Å². The lowest BCUT2D eigenvalue weighted by Gasteiger charge is -2.26. The number of rotatable bonds is 7. The van der Waals surface area contributed by atoms with Gasteiger partial charge in [0.15, 0.2) is 5.11 Å². The Bertz CT molecular complexity index is 729. The third-order valence-electron chi connectivity index (χ3n) is 4.67. The van der Waals surface area contributed by atoms with Gasteiger partial charge in [-0.15, -0.1) is 11.3 Å². The summed E-state index contributed by atoms with van der Waals surface area (Å²) in [7, 11) is 1.43. The van der Waals surface area contributed by atoms with Gasteiger partial charge in [-0.2, -0.15) is 0 Å². The summed E-state index contributed by atoms with van der Waals surface area (Å²) < 4.78 is 5.89. The van der Waals surface area contributed by atoms with Crippen molar-refractivity contribution >= 4 is 44.9 Å². The first-order valence-corrected chi connectivity index (χ1v) is 10.4. The number of fused-ring (bicyclic) bond motifs is 1. The molecule has 1 N–H and O–H groups in total. The maximum absolute atomic E-state index is 11.1. The summed E-state index contributed by atoms with van der Waals surface area (Å²) in [6.07, 6.45) is 5.58. The van der Waals surface area contributed by atoms with Crippen LogP contribution in [0.5, 0.6) is 0 Å². The van der Waals surface area contributed by atoms with Crippen LogP contribution in [0.4, 0.5) is 0 Å². The molecule has 0 saturated carbocycles. The summed E-state index contributed by atoms with van der Waals surface area (Å²) in [6.45, 7) is 1.82. The molecule has 26 heavy (non-hydrogen) atoms. The van der Waals surface area contributed by atoms with Gasteiger partial charge < -0.3 is 15.0 Å². The Balaban J connectivity index is 1.48. The van der Waals surface area contributed by atoms with Gasteiger partial charge in [-0.25, -0.2) is 4.98 Å². The van der Waals surface area contributed by atoms with E-state index in [0.717, 1.165) is 60.8 Å². The highest BCUT2D eigenvalue weighted by Gasteiger charge is 2.30. The molecule has 2 heterocycles. The summed E-state index contributed by atoms with van der Waals surface area (Å²) in [5, 5.41) is 5.36. The van der Waals surface area contributed by atoms with Crippen molar-refractivity contribution < 1.29 is 9.53 Å². The van der Waals surface area contributed by atoms with E-state index in [-0.39, 0.29) is 12.0 Å². The number of thiazole rings is 1. The number of likely N-dealkylation sites (tertiary alicyclic amines) is 1. The minimum atomic E-state index is -0.135. The van der Waals surface area contributed by atoms with Crippen LogP contribution in [0.25, 0.3) is 10.2 Å². The van der Waals surface area contributed by atoms with Gasteiger partial charge in [-0.05, 0) is 50.0 Å². The maximum Gasteiger partial charge on any atom is 0.305 e. The zero-order valence-electron chi connectivity index (χ0n) is 15.1. The van der Waals surface area contributed by atoms with E-state index in [0.29, 0.717) is 6.42 Å². The number of nitrogens with one attached hydrogen (secondary N) is 1. The number of methoxy groups -OCH3 is 1. The van der Waals surface area contributed by atoms with E-state index in [9.17, 15) is 4.79 Å². The second-order valence-electron chi connectivity index (χ2n) is 6.49. The zero-order chi connectivity index (χ0) is 18.4. The van der Waals surface area contributed by atoms with Crippen LogP contribution in [-0.4, -0.2) is 41.2 Å². The molecule has 2 aromatic rings. The van der Waals surface area contributed by atoms with Gasteiger partial charge in [-0.3, -0.25) is 4.79 Å². The number of hydrogen-bond donors (Lipinski definition) is 1. The number of ether oxygens (including phenoxy) is 1. The molecular weight excluding hydrogens is 366 g/mol. The van der Waals surface area contributed by atoms with E-state index in [2.05, 4.69) is 33.2 Å². The molecule has 7 heteroatoms. The molecule has 1 aromatic carbocycles. The molecule has 1 fully saturated rings. The maximum atomic E-state index is 11.1. The van der Waals surface area contributed by atoms with Crippen LogP contribution in [0.3, 0.4) is 0 Å². The van der Waals surface area contributed by atoms with Crippen LogP contribution in [0.1, 0.15) is 49.6 Å². The summed E-state index contributed by atoms with van der Waals surface area (Å²) in [4.78, 5) is 18.2. The third-order valence-corrected chi connectivity index (χ3v) is 6.19. The molecule has 0 amide bonds. The smallest absolute Gasteiger partial charge is 0.305 e. The van der Waals surface area contributed by atoms with Gasteiger partial charge in [0.2, 0.25) is 0 Å². The second kappa shape index (κ2) is 9.28. The summed E-state index contributed by atoms with van der Waals surface area (Å²) >= 11 is 7.40. The van der Waals surface area contributed by atoms with Gasteiger partial charge in [0.05, 0.1) is 23.4 Å². The number of unbranched alkanes of at least 4 members (excludes halogenated alkanes) is 2. The fraction of sp³-hybridized carbons (Fsp3) is 0.526. The van der Waals surface area contributed by atoms with Crippen molar-refractivity contribution in [1.82, 2.24) is 15.2 Å². The lowest BCUT2D eigenvalue weighted by Crippen LogP contribution is -2.39. The average molecular weight is 392 g/mol. The van der Waals surface area contributed by atoms with Crippen molar-refractivity contribution in [2.45, 2.75) is 44.6 Å². The number of thiocarbonyl (C=S) groups is 1. The van der Waals surface area contributed by atoms with Crippen molar-refractivity contribution in [1.29, 1.82) is 0 Å². The van der Waals surface area contributed by atoms with Gasteiger partial charge in [0.25, 0.3) is 0 Å². The molecule has 1 aliphatic heterocycles. The van der Waals surface area contributed by atoms with E-state index in [1.165, 1.54) is 11.8 Å². The first kappa shape index (κ1) is 19.0. The summed E-state index contributed by atoms with van der Waals surface area (Å²) in [5.74, 6) is -0.135. The van der Waals surface area contributed by atoms with Crippen molar-refractivity contribution in [3.05, 3.63) is 29.3 Å². The number of para-hydroxylation sites is 1. The first-order chi connectivity index (χ1) is 12.7. The van der Waals surface area contributed by atoms with Crippen LogP contribution in [0, 0.1) is 0 Å². The summed E-state index contributed by atoms with van der Waals surface area (Å²) in [5.41, 5.74) is 1.07. The van der Waals surface area contributed by atoms with Crippen molar-refractivity contribution in [3.8, 4) is 0 Å². The van der Waals surface area contributed by atoms with E-state index in [1.54, 1.807) is 11.3 Å². The highest BCUT2D eigenvalue weighted by Crippen LogP contribution is 2.36. The largest absolute Gasteiger partial charge is 0.469 e. The monoisotopic (exact) mass is 391 g/mol. The molecule has 0 spiro atoms. The van der Waals surface area contributed by atoms with Gasteiger partial charge in [-0.1, -0.05) is 18.6 Å². The van der Waals surface area contributed by atoms with Crippen LogP contribution in [-0.2, 0) is 9.53 Å². The molecule has 0 aliphatic carbocycles. The Morgan fingerprint density at radius 2 is 2.23 bits per heavy atom. The predicted molar refractivity (Wildman–Crippen MR) is 109 cm³/mol. The molecule has 1 atom stereocenters. The Morgan fingerprint density at radius 1 is 1.38 bits per heavy atom. The molecule has 0 radical (unpaired) electrons. The average Bonchev–Trinajstić information content (AvgIpc) is 3.30. The number of benzene rings is 1. The minimum Gasteiger partial charge on any atom is -0.469 e. The number of hydrogen-bond acceptors (Lipinski definition) is 5. The fourth-order valence-corrected chi connectivity index (χ4v) is 4.71. The number of esters is 1. The Hall–Kier alpha value is -1.73. The minimum absolute atomic E-state index is 0.135. The van der Waals surface area contributed by atoms with Crippen molar-refractivity contribution in [3.63, 3.8) is 0 Å². The molecule has 5 nitrogen and oxygen atoms in total. The van der Waals surface area contributed by atoms with Crippen LogP contribution < -0.4 is 5.32 Å². The highest BCUT2D eigenvalue weighted by molar-refractivity contribution is 7.80. The molecule has 140 valence electrons. The standard InChI is InChI=1S/C19H25N3O2S2/c1-24-17(23)11-3-2-6-12-20-19(25)22-13-7-9-15(22)18-21-14-8-4-5-10-16(14)26-18/h4-5,8,10,15H,2-3,6-7,9,11-13H2,1H3,(H,20,25)/t15-/m0/s1. The quantitative estimate of drug-likeness (QED) is 0.437. The second-order valence-corrected chi connectivity index (χ2v) is 7.94. The lowest BCUT2D eigenvalue weighted by molar-refractivity contribution is -0.140. The van der Waals surface area contributed by atoms with Crippen LogP contribution in [0.15, 0.2) is 24.3 Å². The predicted octanol–water partition coefficient (Wildman–Crippen LogP) is 4.04. The van der Waals surface area contributed by atoms with E-state index < -0.39 is 0 Å². The number of nitrogens with zero attached hydrogens (tertiary/aromatic N) is 2. The summed E-state index contributed by atoms with van der Waals surface area (Å²) in [6, 6.07) is 8.57. The lowest BCUT2D eigenvalue weighted by atomic mass is 10.2. The van der Waals surface area contributed by atoms with E-state index in [1.807, 2.05) is 6.07 Å².